The molecule has 0 bridgehead atoms. The minimum absolute atomic E-state index is 0.625. The Morgan fingerprint density at radius 2 is 2.00 bits per heavy atom. The first-order valence-electron chi connectivity index (χ1n) is 6.36. The lowest BCUT2D eigenvalue weighted by molar-refractivity contribution is 0.0817. The molecule has 1 aromatic carbocycles. The molecule has 0 fully saturated rings. The van der Waals surface area contributed by atoms with E-state index in [1.807, 2.05) is 38.1 Å². The zero-order valence-electron chi connectivity index (χ0n) is 11.7. The first kappa shape index (κ1) is 14.0. The highest BCUT2D eigenvalue weighted by atomic mass is 32.1. The molecule has 0 spiro atoms. The van der Waals surface area contributed by atoms with Gasteiger partial charge in [-0.25, -0.2) is 4.98 Å². The number of rotatable bonds is 4. The first-order valence-corrected chi connectivity index (χ1v) is 7.17. The maximum Gasteiger partial charge on any atom is 0.129 e. The molecule has 0 saturated heterocycles. The van der Waals surface area contributed by atoms with Crippen LogP contribution in [0.5, 0.6) is 5.75 Å². The Balaban J connectivity index is 2.49. The van der Waals surface area contributed by atoms with Gasteiger partial charge in [-0.1, -0.05) is 12.1 Å². The SMILES string of the molecule is CCOc1ccccc1-c1nc(C)c(C(C)(C)O)s1. The van der Waals surface area contributed by atoms with Gasteiger partial charge in [0.05, 0.1) is 28.3 Å². The lowest BCUT2D eigenvalue weighted by atomic mass is 10.1. The summed E-state index contributed by atoms with van der Waals surface area (Å²) in [6, 6.07) is 7.86. The lowest BCUT2D eigenvalue weighted by Gasteiger charge is -2.15. The number of benzene rings is 1. The molecule has 0 atom stereocenters. The Kier molecular flexibility index (Phi) is 3.92. The Morgan fingerprint density at radius 3 is 2.58 bits per heavy atom. The summed E-state index contributed by atoms with van der Waals surface area (Å²) in [7, 11) is 0. The molecule has 102 valence electrons. The molecule has 0 unspecified atom stereocenters. The molecule has 1 aromatic heterocycles. The van der Waals surface area contributed by atoms with Crippen molar-refractivity contribution in [2.75, 3.05) is 6.61 Å². The van der Waals surface area contributed by atoms with Gasteiger partial charge < -0.3 is 9.84 Å². The van der Waals surface area contributed by atoms with E-state index >= 15 is 0 Å². The molecule has 2 rings (SSSR count). The summed E-state index contributed by atoms with van der Waals surface area (Å²) in [5, 5.41) is 11.0. The third kappa shape index (κ3) is 2.96. The maximum atomic E-state index is 10.1. The number of aromatic nitrogens is 1. The van der Waals surface area contributed by atoms with E-state index in [0.717, 1.165) is 26.9 Å². The normalized spacial score (nSPS) is 11.6. The highest BCUT2D eigenvalue weighted by Crippen LogP contribution is 2.38. The van der Waals surface area contributed by atoms with Crippen LogP contribution in [-0.4, -0.2) is 16.7 Å². The van der Waals surface area contributed by atoms with Crippen molar-refractivity contribution in [2.24, 2.45) is 0 Å². The Labute approximate surface area is 117 Å². The van der Waals surface area contributed by atoms with E-state index < -0.39 is 5.60 Å². The number of nitrogens with zero attached hydrogens (tertiary/aromatic N) is 1. The van der Waals surface area contributed by atoms with Crippen molar-refractivity contribution >= 4 is 11.3 Å². The van der Waals surface area contributed by atoms with Crippen LogP contribution in [0.4, 0.5) is 0 Å². The first-order chi connectivity index (χ1) is 8.93. The predicted molar refractivity (Wildman–Crippen MR) is 78.7 cm³/mol. The minimum Gasteiger partial charge on any atom is -0.493 e. The van der Waals surface area contributed by atoms with Crippen LogP contribution >= 0.6 is 11.3 Å². The molecule has 0 saturated carbocycles. The second-order valence-electron chi connectivity index (χ2n) is 4.92. The lowest BCUT2D eigenvalue weighted by Crippen LogP contribution is -2.14. The molecule has 0 aliphatic carbocycles. The van der Waals surface area contributed by atoms with Crippen LogP contribution in [0.25, 0.3) is 10.6 Å². The van der Waals surface area contributed by atoms with Crippen LogP contribution < -0.4 is 4.74 Å². The third-order valence-electron chi connectivity index (χ3n) is 2.77. The fourth-order valence-electron chi connectivity index (χ4n) is 2.00. The van der Waals surface area contributed by atoms with Crippen LogP contribution in [0.15, 0.2) is 24.3 Å². The predicted octanol–water partition coefficient (Wildman–Crippen LogP) is 3.74. The van der Waals surface area contributed by atoms with Crippen molar-refractivity contribution in [3.8, 4) is 16.3 Å². The van der Waals surface area contributed by atoms with E-state index in [1.165, 1.54) is 11.3 Å². The van der Waals surface area contributed by atoms with Gasteiger partial charge in [0.15, 0.2) is 0 Å². The molecule has 3 nitrogen and oxygen atoms in total. The summed E-state index contributed by atoms with van der Waals surface area (Å²) in [6.07, 6.45) is 0. The van der Waals surface area contributed by atoms with Gasteiger partial charge in [-0.15, -0.1) is 11.3 Å². The molecule has 19 heavy (non-hydrogen) atoms. The summed E-state index contributed by atoms with van der Waals surface area (Å²) in [5.74, 6) is 0.834. The standard InChI is InChI=1S/C15H19NO2S/c1-5-18-12-9-7-6-8-11(12)14-16-10(2)13(19-14)15(3,4)17/h6-9,17H,5H2,1-4H3. The molecule has 1 N–H and O–H groups in total. The monoisotopic (exact) mass is 277 g/mol. The van der Waals surface area contributed by atoms with E-state index in [1.54, 1.807) is 13.8 Å². The van der Waals surface area contributed by atoms with Gasteiger partial charge in [-0.05, 0) is 39.8 Å². The Hall–Kier alpha value is -1.39. The number of para-hydroxylation sites is 1. The maximum absolute atomic E-state index is 10.1. The molecule has 0 amide bonds. The van der Waals surface area contributed by atoms with Gasteiger partial charge in [-0.2, -0.15) is 0 Å². The smallest absolute Gasteiger partial charge is 0.129 e. The molecular formula is C15H19NO2S. The Bertz CT molecular complexity index is 570. The zero-order chi connectivity index (χ0) is 14.0. The summed E-state index contributed by atoms with van der Waals surface area (Å²) in [4.78, 5) is 5.47. The highest BCUT2D eigenvalue weighted by molar-refractivity contribution is 7.15. The second kappa shape index (κ2) is 5.31. The van der Waals surface area contributed by atoms with Crippen molar-refractivity contribution in [2.45, 2.75) is 33.3 Å². The summed E-state index contributed by atoms with van der Waals surface area (Å²) < 4.78 is 5.63. The third-order valence-corrected chi connectivity index (χ3v) is 4.27. The molecule has 1 heterocycles. The number of aryl methyl sites for hydroxylation is 1. The van der Waals surface area contributed by atoms with Crippen LogP contribution in [-0.2, 0) is 5.60 Å². The molecule has 0 aliphatic heterocycles. The van der Waals surface area contributed by atoms with E-state index in [4.69, 9.17) is 4.74 Å². The fourth-order valence-corrected chi connectivity index (χ4v) is 3.10. The molecule has 0 radical (unpaired) electrons. The van der Waals surface area contributed by atoms with Crippen LogP contribution in [0.3, 0.4) is 0 Å². The molecule has 4 heteroatoms. The summed E-state index contributed by atoms with van der Waals surface area (Å²) in [5.41, 5.74) is 0.993. The number of hydrogen-bond acceptors (Lipinski definition) is 4. The molecule has 2 aromatic rings. The summed E-state index contributed by atoms with van der Waals surface area (Å²) in [6.45, 7) is 8.08. The van der Waals surface area contributed by atoms with Gasteiger partial charge in [0.25, 0.3) is 0 Å². The topological polar surface area (TPSA) is 42.4 Å². The quantitative estimate of drug-likeness (QED) is 0.925. The van der Waals surface area contributed by atoms with E-state index in [2.05, 4.69) is 4.98 Å². The average Bonchev–Trinajstić information content (AvgIpc) is 2.72. The number of hydrogen-bond donors (Lipinski definition) is 1. The van der Waals surface area contributed by atoms with E-state index in [9.17, 15) is 5.11 Å². The summed E-state index contributed by atoms with van der Waals surface area (Å²) >= 11 is 1.52. The fraction of sp³-hybridized carbons (Fsp3) is 0.400. The number of aliphatic hydroxyl groups is 1. The van der Waals surface area contributed by atoms with E-state index in [0.29, 0.717) is 6.61 Å². The van der Waals surface area contributed by atoms with Crippen LogP contribution in [0.2, 0.25) is 0 Å². The Morgan fingerprint density at radius 1 is 1.32 bits per heavy atom. The van der Waals surface area contributed by atoms with Crippen molar-refractivity contribution in [1.29, 1.82) is 0 Å². The van der Waals surface area contributed by atoms with E-state index in [-0.39, 0.29) is 0 Å². The largest absolute Gasteiger partial charge is 0.493 e. The van der Waals surface area contributed by atoms with Crippen LogP contribution in [0, 0.1) is 6.92 Å². The van der Waals surface area contributed by atoms with Gasteiger partial charge in [0.1, 0.15) is 10.8 Å². The second-order valence-corrected chi connectivity index (χ2v) is 5.92. The zero-order valence-corrected chi connectivity index (χ0v) is 12.5. The van der Waals surface area contributed by atoms with Gasteiger partial charge in [-0.3, -0.25) is 0 Å². The average molecular weight is 277 g/mol. The van der Waals surface area contributed by atoms with Crippen molar-refractivity contribution < 1.29 is 9.84 Å². The molecular weight excluding hydrogens is 258 g/mol. The van der Waals surface area contributed by atoms with Gasteiger partial charge in [0.2, 0.25) is 0 Å². The number of ether oxygens (including phenoxy) is 1. The van der Waals surface area contributed by atoms with Crippen molar-refractivity contribution in [3.63, 3.8) is 0 Å². The van der Waals surface area contributed by atoms with Gasteiger partial charge in [0, 0.05) is 0 Å². The highest BCUT2D eigenvalue weighted by Gasteiger charge is 2.24. The minimum atomic E-state index is -0.861. The van der Waals surface area contributed by atoms with Gasteiger partial charge >= 0.3 is 0 Å². The van der Waals surface area contributed by atoms with Crippen LogP contribution in [0.1, 0.15) is 31.3 Å². The number of thiazole rings is 1. The molecule has 0 aliphatic rings. The van der Waals surface area contributed by atoms with Crippen molar-refractivity contribution in [1.82, 2.24) is 4.98 Å². The van der Waals surface area contributed by atoms with Crippen molar-refractivity contribution in [3.05, 3.63) is 34.8 Å².